The topological polar surface area (TPSA) is 81.7 Å². The van der Waals surface area contributed by atoms with Gasteiger partial charge in [-0.15, -0.1) is 0 Å². The zero-order valence-corrected chi connectivity index (χ0v) is 11.0. The molecule has 0 aromatic carbocycles. The van der Waals surface area contributed by atoms with Gasteiger partial charge in [-0.1, -0.05) is 5.16 Å². The number of hydrogen-bond donors (Lipinski definition) is 1. The standard InChI is InChI=1S/C12H14N6O/c1-7-9(8(2)19-17-7)4-13-11-10-5-16-18(3)12(10)15-6-14-11/h5-6H,4H2,1-3H3,(H,13,14,15). The molecule has 0 saturated heterocycles. The fourth-order valence-corrected chi connectivity index (χ4v) is 2.03. The average molecular weight is 258 g/mol. The smallest absolute Gasteiger partial charge is 0.163 e. The minimum Gasteiger partial charge on any atom is -0.365 e. The van der Waals surface area contributed by atoms with Gasteiger partial charge in [0.05, 0.1) is 17.3 Å². The minimum absolute atomic E-state index is 0.613. The largest absolute Gasteiger partial charge is 0.365 e. The third-order valence-electron chi connectivity index (χ3n) is 3.14. The molecule has 1 N–H and O–H groups in total. The predicted molar refractivity (Wildman–Crippen MR) is 69.6 cm³/mol. The van der Waals surface area contributed by atoms with Crippen molar-refractivity contribution in [1.82, 2.24) is 24.9 Å². The summed E-state index contributed by atoms with van der Waals surface area (Å²) < 4.78 is 6.86. The first-order chi connectivity index (χ1) is 9.16. The van der Waals surface area contributed by atoms with Crippen molar-refractivity contribution in [3.8, 4) is 0 Å². The molecule has 0 saturated carbocycles. The van der Waals surface area contributed by atoms with E-state index in [4.69, 9.17) is 4.52 Å². The fraction of sp³-hybridized carbons (Fsp3) is 0.333. The number of hydrogen-bond acceptors (Lipinski definition) is 6. The fourth-order valence-electron chi connectivity index (χ4n) is 2.03. The van der Waals surface area contributed by atoms with E-state index in [9.17, 15) is 0 Å². The van der Waals surface area contributed by atoms with E-state index in [0.29, 0.717) is 6.54 Å². The van der Waals surface area contributed by atoms with Gasteiger partial charge in [-0.3, -0.25) is 4.68 Å². The zero-order chi connectivity index (χ0) is 13.4. The monoisotopic (exact) mass is 258 g/mol. The minimum atomic E-state index is 0.613. The van der Waals surface area contributed by atoms with Gasteiger partial charge in [0.15, 0.2) is 5.65 Å². The lowest BCUT2D eigenvalue weighted by atomic mass is 10.2. The molecule has 19 heavy (non-hydrogen) atoms. The molecule has 0 aliphatic rings. The van der Waals surface area contributed by atoms with Crippen molar-refractivity contribution in [3.63, 3.8) is 0 Å². The van der Waals surface area contributed by atoms with Gasteiger partial charge in [0, 0.05) is 19.2 Å². The van der Waals surface area contributed by atoms with E-state index in [1.54, 1.807) is 10.9 Å². The lowest BCUT2D eigenvalue weighted by molar-refractivity contribution is 0.392. The molecule has 0 bridgehead atoms. The predicted octanol–water partition coefficient (Wildman–Crippen LogP) is 1.58. The summed E-state index contributed by atoms with van der Waals surface area (Å²) in [5.74, 6) is 1.58. The highest BCUT2D eigenvalue weighted by Gasteiger charge is 2.11. The van der Waals surface area contributed by atoms with Gasteiger partial charge in [0.25, 0.3) is 0 Å². The Morgan fingerprint density at radius 2 is 2.16 bits per heavy atom. The molecule has 0 aliphatic heterocycles. The average Bonchev–Trinajstić information content (AvgIpc) is 2.93. The molecule has 0 radical (unpaired) electrons. The molecule has 3 rings (SSSR count). The van der Waals surface area contributed by atoms with Crippen molar-refractivity contribution in [2.45, 2.75) is 20.4 Å². The van der Waals surface area contributed by atoms with Crippen LogP contribution in [0.5, 0.6) is 0 Å². The van der Waals surface area contributed by atoms with Crippen LogP contribution in [0, 0.1) is 13.8 Å². The lowest BCUT2D eigenvalue weighted by Gasteiger charge is -2.05. The summed E-state index contributed by atoms with van der Waals surface area (Å²) in [4.78, 5) is 8.45. The summed E-state index contributed by atoms with van der Waals surface area (Å²) in [6, 6.07) is 0. The number of nitrogens with zero attached hydrogens (tertiary/aromatic N) is 5. The summed E-state index contributed by atoms with van der Waals surface area (Å²) in [5, 5.41) is 12.3. The van der Waals surface area contributed by atoms with Crippen LogP contribution in [0.15, 0.2) is 17.0 Å². The Bertz CT molecular complexity index is 709. The van der Waals surface area contributed by atoms with Crippen LogP contribution in [0.3, 0.4) is 0 Å². The second kappa shape index (κ2) is 4.34. The second-order valence-electron chi connectivity index (χ2n) is 4.38. The van der Waals surface area contributed by atoms with E-state index in [2.05, 4.69) is 25.5 Å². The van der Waals surface area contributed by atoms with Gasteiger partial charge in [-0.2, -0.15) is 5.10 Å². The van der Waals surface area contributed by atoms with Crippen molar-refractivity contribution >= 4 is 16.9 Å². The summed E-state index contributed by atoms with van der Waals surface area (Å²) in [7, 11) is 1.85. The van der Waals surface area contributed by atoms with Crippen molar-refractivity contribution in [3.05, 3.63) is 29.5 Å². The van der Waals surface area contributed by atoms with E-state index in [1.807, 2.05) is 20.9 Å². The van der Waals surface area contributed by atoms with Crippen molar-refractivity contribution in [2.75, 3.05) is 5.32 Å². The van der Waals surface area contributed by atoms with E-state index < -0.39 is 0 Å². The number of aromatic nitrogens is 5. The molecule has 0 atom stereocenters. The van der Waals surface area contributed by atoms with Gasteiger partial charge in [-0.25, -0.2) is 9.97 Å². The number of fused-ring (bicyclic) bond motifs is 1. The van der Waals surface area contributed by atoms with Crippen molar-refractivity contribution in [1.29, 1.82) is 0 Å². The van der Waals surface area contributed by atoms with Crippen molar-refractivity contribution < 1.29 is 4.52 Å². The SMILES string of the molecule is Cc1noc(C)c1CNc1ncnc2c1cnn2C. The quantitative estimate of drug-likeness (QED) is 0.768. The maximum Gasteiger partial charge on any atom is 0.163 e. The van der Waals surface area contributed by atoms with Gasteiger partial charge in [-0.05, 0) is 13.8 Å². The highest BCUT2D eigenvalue weighted by molar-refractivity contribution is 5.85. The number of aryl methyl sites for hydroxylation is 3. The summed E-state index contributed by atoms with van der Waals surface area (Å²) in [6.07, 6.45) is 3.28. The Morgan fingerprint density at radius 1 is 1.32 bits per heavy atom. The van der Waals surface area contributed by atoms with Gasteiger partial charge >= 0.3 is 0 Å². The van der Waals surface area contributed by atoms with E-state index in [0.717, 1.165) is 33.9 Å². The molecular formula is C12H14N6O. The first kappa shape index (κ1) is 11.6. The van der Waals surface area contributed by atoms with Gasteiger partial charge in [0.1, 0.15) is 17.9 Å². The normalized spacial score (nSPS) is 11.1. The summed E-state index contributed by atoms with van der Waals surface area (Å²) in [5.41, 5.74) is 2.74. The summed E-state index contributed by atoms with van der Waals surface area (Å²) >= 11 is 0. The number of nitrogens with one attached hydrogen (secondary N) is 1. The van der Waals surface area contributed by atoms with Gasteiger partial charge in [0.2, 0.25) is 0 Å². The second-order valence-corrected chi connectivity index (χ2v) is 4.38. The molecule has 3 aromatic heterocycles. The van der Waals surface area contributed by atoms with Crippen LogP contribution in [0.2, 0.25) is 0 Å². The molecule has 98 valence electrons. The third-order valence-corrected chi connectivity index (χ3v) is 3.14. The summed E-state index contributed by atoms with van der Waals surface area (Å²) in [6.45, 7) is 4.44. The number of anilines is 1. The third kappa shape index (κ3) is 1.92. The first-order valence-corrected chi connectivity index (χ1v) is 5.95. The van der Waals surface area contributed by atoms with Crippen LogP contribution in [-0.2, 0) is 13.6 Å². The van der Waals surface area contributed by atoms with Gasteiger partial charge < -0.3 is 9.84 Å². The molecule has 0 unspecified atom stereocenters. The molecule has 0 aliphatic carbocycles. The molecule has 3 aromatic rings. The van der Waals surface area contributed by atoms with E-state index >= 15 is 0 Å². The Labute approximate surface area is 109 Å². The van der Waals surface area contributed by atoms with Crippen LogP contribution < -0.4 is 5.32 Å². The van der Waals surface area contributed by atoms with Crippen LogP contribution in [0.4, 0.5) is 5.82 Å². The Kier molecular flexibility index (Phi) is 2.66. The van der Waals surface area contributed by atoms with Crippen LogP contribution in [0.25, 0.3) is 11.0 Å². The van der Waals surface area contributed by atoms with Crippen LogP contribution >= 0.6 is 0 Å². The maximum atomic E-state index is 5.14. The molecule has 3 heterocycles. The zero-order valence-electron chi connectivity index (χ0n) is 11.0. The Morgan fingerprint density at radius 3 is 2.89 bits per heavy atom. The maximum absolute atomic E-state index is 5.14. The van der Waals surface area contributed by atoms with Crippen LogP contribution in [-0.4, -0.2) is 24.9 Å². The molecule has 0 amide bonds. The number of rotatable bonds is 3. The van der Waals surface area contributed by atoms with Crippen molar-refractivity contribution in [2.24, 2.45) is 7.05 Å². The molecule has 7 heteroatoms. The molecule has 0 spiro atoms. The highest BCUT2D eigenvalue weighted by Crippen LogP contribution is 2.20. The Hall–Kier alpha value is -2.44. The highest BCUT2D eigenvalue weighted by atomic mass is 16.5. The lowest BCUT2D eigenvalue weighted by Crippen LogP contribution is -2.04. The molecule has 0 fully saturated rings. The van der Waals surface area contributed by atoms with E-state index in [-0.39, 0.29) is 0 Å². The van der Waals surface area contributed by atoms with E-state index in [1.165, 1.54) is 6.33 Å². The molecule has 7 nitrogen and oxygen atoms in total. The molecular weight excluding hydrogens is 244 g/mol. The first-order valence-electron chi connectivity index (χ1n) is 5.95. The van der Waals surface area contributed by atoms with Crippen LogP contribution in [0.1, 0.15) is 17.0 Å². The Balaban J connectivity index is 1.90.